The quantitative estimate of drug-likeness (QED) is 0.240. The molecule has 6 heteroatoms. The number of amides is 1. The summed E-state index contributed by atoms with van der Waals surface area (Å²) in [5, 5.41) is 3.32. The maximum absolute atomic E-state index is 12.9. The van der Waals surface area contributed by atoms with E-state index < -0.39 is 5.97 Å². The average molecular weight is 514 g/mol. The summed E-state index contributed by atoms with van der Waals surface area (Å²) in [5.74, 6) is -0.209. The van der Waals surface area contributed by atoms with Crippen LogP contribution in [0.3, 0.4) is 0 Å². The van der Waals surface area contributed by atoms with E-state index in [0.717, 1.165) is 21.6 Å². The molecule has 5 nitrogen and oxygen atoms in total. The predicted octanol–water partition coefficient (Wildman–Crippen LogP) is 7.24. The van der Waals surface area contributed by atoms with Gasteiger partial charge in [0.1, 0.15) is 16.3 Å². The molecule has 1 heterocycles. The van der Waals surface area contributed by atoms with Gasteiger partial charge in [-0.1, -0.05) is 86.6 Å². The number of carbonyl (C=O) groups is 2. The van der Waals surface area contributed by atoms with E-state index in [0.29, 0.717) is 16.3 Å². The largest absolute Gasteiger partial charge is 0.484 e. The van der Waals surface area contributed by atoms with Gasteiger partial charge in [-0.2, -0.15) is 0 Å². The van der Waals surface area contributed by atoms with Crippen molar-refractivity contribution in [3.8, 4) is 16.9 Å². The number of nitrogens with one attached hydrogen (secondary N) is 1. The summed E-state index contributed by atoms with van der Waals surface area (Å²) in [5.41, 5.74) is 4.26. The Morgan fingerprint density at radius 3 is 2.08 bits per heavy atom. The molecule has 1 amide bonds. The highest BCUT2D eigenvalue weighted by Crippen LogP contribution is 2.40. The fraction of sp³-hybridized carbons (Fsp3) is 0.226. The van der Waals surface area contributed by atoms with Gasteiger partial charge in [0.2, 0.25) is 0 Å². The second kappa shape index (κ2) is 11.4. The van der Waals surface area contributed by atoms with Crippen molar-refractivity contribution in [2.75, 3.05) is 18.5 Å². The summed E-state index contributed by atoms with van der Waals surface area (Å²) in [6.07, 6.45) is 0. The van der Waals surface area contributed by atoms with Gasteiger partial charge in [0.25, 0.3) is 5.91 Å². The van der Waals surface area contributed by atoms with Crippen LogP contribution in [0.1, 0.15) is 47.1 Å². The number of carbonyl (C=O) groups excluding carboxylic acids is 2. The van der Waals surface area contributed by atoms with E-state index in [-0.39, 0.29) is 24.5 Å². The number of hydrogen-bond acceptors (Lipinski definition) is 5. The summed E-state index contributed by atoms with van der Waals surface area (Å²) in [7, 11) is 0. The zero-order valence-corrected chi connectivity index (χ0v) is 22.4. The van der Waals surface area contributed by atoms with Crippen LogP contribution in [0, 0.1) is 6.92 Å². The minimum Gasteiger partial charge on any atom is -0.484 e. The summed E-state index contributed by atoms with van der Waals surface area (Å²) in [6.45, 7) is 8.12. The molecule has 0 aliphatic heterocycles. The lowest BCUT2D eigenvalue weighted by Crippen LogP contribution is -2.21. The van der Waals surface area contributed by atoms with Gasteiger partial charge in [-0.25, -0.2) is 4.79 Å². The van der Waals surface area contributed by atoms with Crippen LogP contribution in [-0.4, -0.2) is 25.1 Å². The molecule has 0 atom stereocenters. The molecule has 4 aromatic rings. The molecule has 0 fully saturated rings. The van der Waals surface area contributed by atoms with Crippen LogP contribution in [0.2, 0.25) is 0 Å². The summed E-state index contributed by atoms with van der Waals surface area (Å²) in [6, 6.07) is 27.8. The molecule has 37 heavy (non-hydrogen) atoms. The summed E-state index contributed by atoms with van der Waals surface area (Å²) >= 11 is 1.35. The third kappa shape index (κ3) is 5.92. The number of anilines is 1. The second-order valence-corrected chi connectivity index (χ2v) is 10.4. The van der Waals surface area contributed by atoms with E-state index in [1.54, 1.807) is 6.92 Å². The molecule has 0 spiro atoms. The van der Waals surface area contributed by atoms with E-state index in [1.165, 1.54) is 16.9 Å². The SMILES string of the molecule is CCOC(=O)c1c(NC(=O)COc2ccc(C(C)(C)c3ccccc3)cc2)sc(C)c1-c1ccccc1. The fourth-order valence-corrected chi connectivity index (χ4v) is 5.36. The van der Waals surface area contributed by atoms with Gasteiger partial charge in [0, 0.05) is 15.9 Å². The van der Waals surface area contributed by atoms with Crippen molar-refractivity contribution in [2.45, 2.75) is 33.1 Å². The molecular weight excluding hydrogens is 482 g/mol. The Morgan fingerprint density at radius 2 is 1.46 bits per heavy atom. The number of hydrogen-bond donors (Lipinski definition) is 1. The van der Waals surface area contributed by atoms with Crippen molar-refractivity contribution < 1.29 is 19.1 Å². The van der Waals surface area contributed by atoms with Crippen molar-refractivity contribution in [3.05, 3.63) is 106 Å². The van der Waals surface area contributed by atoms with Crippen molar-refractivity contribution in [1.82, 2.24) is 0 Å². The number of esters is 1. The number of ether oxygens (including phenoxy) is 2. The highest BCUT2D eigenvalue weighted by Gasteiger charge is 2.26. The van der Waals surface area contributed by atoms with Gasteiger partial charge in [0.05, 0.1) is 6.61 Å². The van der Waals surface area contributed by atoms with Crippen LogP contribution in [0.15, 0.2) is 84.9 Å². The summed E-state index contributed by atoms with van der Waals surface area (Å²) in [4.78, 5) is 26.6. The van der Waals surface area contributed by atoms with Gasteiger partial charge in [-0.15, -0.1) is 11.3 Å². The highest BCUT2D eigenvalue weighted by molar-refractivity contribution is 7.17. The first-order valence-electron chi connectivity index (χ1n) is 12.3. The third-order valence-electron chi connectivity index (χ3n) is 6.32. The van der Waals surface area contributed by atoms with Crippen molar-refractivity contribution >= 4 is 28.2 Å². The standard InChI is InChI=1S/C31H31NO4S/c1-5-35-30(34)28-27(22-12-8-6-9-13-22)21(2)37-29(28)32-26(33)20-36-25-18-16-24(17-19-25)31(3,4)23-14-10-7-11-15-23/h6-19H,5,20H2,1-4H3,(H,32,33). The molecule has 1 aromatic heterocycles. The molecule has 0 aliphatic carbocycles. The Hall–Kier alpha value is -3.90. The van der Waals surface area contributed by atoms with E-state index in [4.69, 9.17) is 9.47 Å². The van der Waals surface area contributed by atoms with Crippen molar-refractivity contribution in [1.29, 1.82) is 0 Å². The average Bonchev–Trinajstić information content (AvgIpc) is 3.24. The minimum absolute atomic E-state index is 0.159. The first-order valence-corrected chi connectivity index (χ1v) is 13.1. The molecule has 4 rings (SSSR count). The Labute approximate surface area is 222 Å². The topological polar surface area (TPSA) is 64.6 Å². The highest BCUT2D eigenvalue weighted by atomic mass is 32.1. The first-order chi connectivity index (χ1) is 17.8. The monoisotopic (exact) mass is 513 g/mol. The molecule has 0 radical (unpaired) electrons. The zero-order valence-electron chi connectivity index (χ0n) is 21.5. The number of benzene rings is 3. The lowest BCUT2D eigenvalue weighted by molar-refractivity contribution is -0.118. The zero-order chi connectivity index (χ0) is 26.4. The van der Waals surface area contributed by atoms with Crippen LogP contribution < -0.4 is 10.1 Å². The molecule has 0 unspecified atom stereocenters. The maximum Gasteiger partial charge on any atom is 0.341 e. The van der Waals surface area contributed by atoms with Crippen LogP contribution in [0.25, 0.3) is 11.1 Å². The molecule has 0 bridgehead atoms. The second-order valence-electron chi connectivity index (χ2n) is 9.18. The van der Waals surface area contributed by atoms with Crippen LogP contribution >= 0.6 is 11.3 Å². The predicted molar refractivity (Wildman–Crippen MR) is 150 cm³/mol. The Balaban J connectivity index is 1.47. The van der Waals surface area contributed by atoms with Crippen LogP contribution in [0.5, 0.6) is 5.75 Å². The normalized spacial score (nSPS) is 11.1. The fourth-order valence-electron chi connectivity index (χ4n) is 4.28. The van der Waals surface area contributed by atoms with Gasteiger partial charge in [0.15, 0.2) is 6.61 Å². The van der Waals surface area contributed by atoms with Crippen LogP contribution in [-0.2, 0) is 14.9 Å². The van der Waals surface area contributed by atoms with Gasteiger partial charge in [-0.05, 0) is 42.7 Å². The molecular formula is C31H31NO4S. The first kappa shape index (κ1) is 26.2. The molecule has 190 valence electrons. The van der Waals surface area contributed by atoms with E-state index >= 15 is 0 Å². The summed E-state index contributed by atoms with van der Waals surface area (Å²) < 4.78 is 11.1. The van der Waals surface area contributed by atoms with E-state index in [9.17, 15) is 9.59 Å². The number of rotatable bonds is 9. The Kier molecular flexibility index (Phi) is 8.09. The smallest absolute Gasteiger partial charge is 0.341 e. The van der Waals surface area contributed by atoms with E-state index in [2.05, 4.69) is 31.3 Å². The van der Waals surface area contributed by atoms with Gasteiger partial charge in [-0.3, -0.25) is 4.79 Å². The van der Waals surface area contributed by atoms with Gasteiger partial charge < -0.3 is 14.8 Å². The molecule has 0 aliphatic rings. The molecule has 0 saturated carbocycles. The molecule has 1 N–H and O–H groups in total. The maximum atomic E-state index is 12.9. The minimum atomic E-state index is -0.460. The molecule has 0 saturated heterocycles. The Morgan fingerprint density at radius 1 is 0.865 bits per heavy atom. The Bertz CT molecular complexity index is 1360. The molecule has 3 aromatic carbocycles. The number of thiophene rings is 1. The van der Waals surface area contributed by atoms with Gasteiger partial charge >= 0.3 is 5.97 Å². The van der Waals surface area contributed by atoms with Crippen molar-refractivity contribution in [3.63, 3.8) is 0 Å². The number of aryl methyl sites for hydroxylation is 1. The lowest BCUT2D eigenvalue weighted by atomic mass is 9.78. The van der Waals surface area contributed by atoms with Crippen LogP contribution in [0.4, 0.5) is 5.00 Å². The lowest BCUT2D eigenvalue weighted by Gasteiger charge is -2.26. The van der Waals surface area contributed by atoms with E-state index in [1.807, 2.05) is 79.7 Å². The third-order valence-corrected chi connectivity index (χ3v) is 7.34. The van der Waals surface area contributed by atoms with Crippen molar-refractivity contribution in [2.24, 2.45) is 0 Å².